The molecule has 2 aliphatic rings. The maximum atomic E-state index is 14.6. The van der Waals surface area contributed by atoms with Crippen molar-refractivity contribution in [2.45, 2.75) is 43.9 Å². The van der Waals surface area contributed by atoms with Crippen LogP contribution in [0.25, 0.3) is 0 Å². The number of ether oxygens (including phenoxy) is 1. The van der Waals surface area contributed by atoms with E-state index in [4.69, 9.17) is 17.4 Å². The topological polar surface area (TPSA) is 49.9 Å². The number of rotatable bonds is 10. The predicted octanol–water partition coefficient (Wildman–Crippen LogP) is 4.51. The first-order chi connectivity index (χ1) is 14.9. The predicted molar refractivity (Wildman–Crippen MR) is 137 cm³/mol. The monoisotopic (exact) mass is 520 g/mol. The van der Waals surface area contributed by atoms with E-state index in [0.29, 0.717) is 44.8 Å². The van der Waals surface area contributed by atoms with Crippen molar-refractivity contribution in [3.63, 3.8) is 0 Å². The molecule has 0 aromatic heterocycles. The van der Waals surface area contributed by atoms with E-state index in [1.165, 1.54) is 6.07 Å². The van der Waals surface area contributed by atoms with Crippen molar-refractivity contribution in [1.82, 2.24) is 9.80 Å². The number of hydrogen-bond acceptors (Lipinski definition) is 6. The second-order valence-electron chi connectivity index (χ2n) is 8.47. The summed E-state index contributed by atoms with van der Waals surface area (Å²) in [6.45, 7) is 4.80. The van der Waals surface area contributed by atoms with Crippen LogP contribution in [-0.2, 0) is 14.3 Å². The molecule has 186 valence electrons. The zero-order chi connectivity index (χ0) is 22.4. The number of esters is 1. The van der Waals surface area contributed by atoms with Gasteiger partial charge >= 0.3 is 5.97 Å². The van der Waals surface area contributed by atoms with Gasteiger partial charge in [0.2, 0.25) is 0 Å². The van der Waals surface area contributed by atoms with Crippen molar-refractivity contribution >= 4 is 49.2 Å². The molecule has 0 N–H and O–H groups in total. The number of thiol groups is 1. The van der Waals surface area contributed by atoms with Gasteiger partial charge < -0.3 is 9.64 Å². The van der Waals surface area contributed by atoms with Gasteiger partial charge in [0.25, 0.3) is 0 Å². The highest BCUT2D eigenvalue weighted by Gasteiger charge is 2.40. The summed E-state index contributed by atoms with van der Waals surface area (Å²) in [6.07, 6.45) is 5.11. The Bertz CT molecular complexity index is 823. The number of hydrogen-bond donors (Lipinski definition) is 1. The summed E-state index contributed by atoms with van der Waals surface area (Å²) >= 11 is 4.75. The van der Waals surface area contributed by atoms with Gasteiger partial charge in [0.15, 0.2) is 5.78 Å². The Kier molecular flexibility index (Phi) is 13.0. The highest BCUT2D eigenvalue weighted by Crippen LogP contribution is 2.39. The van der Waals surface area contributed by atoms with Crippen molar-refractivity contribution < 1.29 is 18.7 Å². The fourth-order valence-corrected chi connectivity index (χ4v) is 4.31. The lowest BCUT2D eigenvalue weighted by Crippen LogP contribution is -2.43. The molecular formula is C24H35Cl2FN2O3S. The summed E-state index contributed by atoms with van der Waals surface area (Å²) in [5.74, 6) is -0.323. The van der Waals surface area contributed by atoms with Crippen molar-refractivity contribution in [1.29, 1.82) is 0 Å². The molecule has 1 aromatic carbocycles. The number of likely N-dealkylation sites (tertiary alicyclic amines) is 1. The lowest BCUT2D eigenvalue weighted by molar-refractivity contribution is -0.143. The molecule has 2 fully saturated rings. The molecule has 1 aliphatic heterocycles. The van der Waals surface area contributed by atoms with Crippen LogP contribution in [0.5, 0.6) is 0 Å². The number of carbonyl (C=O) groups excluding carboxylic acids is 2. The van der Waals surface area contributed by atoms with Crippen LogP contribution in [0, 0.1) is 11.7 Å². The van der Waals surface area contributed by atoms with Crippen LogP contribution < -0.4 is 0 Å². The van der Waals surface area contributed by atoms with Crippen LogP contribution in [0.15, 0.2) is 35.9 Å². The minimum Gasteiger partial charge on any atom is -0.466 e. The molecule has 1 saturated heterocycles. The van der Waals surface area contributed by atoms with Crippen LogP contribution in [0.3, 0.4) is 0 Å². The molecule has 5 nitrogen and oxygen atoms in total. The van der Waals surface area contributed by atoms with Gasteiger partial charge in [-0.25, -0.2) is 4.39 Å². The number of carbonyl (C=O) groups is 2. The average molecular weight is 522 g/mol. The lowest BCUT2D eigenvalue weighted by Gasteiger charge is -2.38. The van der Waals surface area contributed by atoms with Crippen molar-refractivity contribution in [2.24, 2.45) is 5.92 Å². The van der Waals surface area contributed by atoms with E-state index in [0.717, 1.165) is 24.8 Å². The zero-order valence-corrected chi connectivity index (χ0v) is 21.8. The Balaban J connectivity index is 0.00000272. The molecule has 1 heterocycles. The van der Waals surface area contributed by atoms with Gasteiger partial charge in [-0.1, -0.05) is 24.3 Å². The molecule has 0 amide bonds. The minimum absolute atomic E-state index is 0. The number of benzene rings is 1. The Morgan fingerprint density at radius 3 is 2.61 bits per heavy atom. The summed E-state index contributed by atoms with van der Waals surface area (Å²) in [4.78, 5) is 28.8. The highest BCUT2D eigenvalue weighted by molar-refractivity contribution is 7.81. The standard InChI is InChI=1S/C24H33FN2O3S.2ClH/c1-3-30-22(28)12-14-26(2)13-10-18-16-27(15-11-21(18)31)23(24(29)17-8-9-17)19-6-4-5-7-20(19)25;;/h4-7,10,17,21,23,31H,3,8-9,11-16H2,1-2H3;2*1H/b18-10+;;. The number of halogens is 3. The molecule has 2 atom stereocenters. The van der Waals surface area contributed by atoms with Crippen LogP contribution in [0.4, 0.5) is 4.39 Å². The quantitative estimate of drug-likeness (QED) is 0.279. The zero-order valence-electron chi connectivity index (χ0n) is 19.2. The Labute approximate surface area is 214 Å². The third-order valence-electron chi connectivity index (χ3n) is 5.99. The highest BCUT2D eigenvalue weighted by atomic mass is 35.5. The van der Waals surface area contributed by atoms with Crippen molar-refractivity contribution in [3.05, 3.63) is 47.3 Å². The van der Waals surface area contributed by atoms with E-state index >= 15 is 0 Å². The number of likely N-dealkylation sites (N-methyl/N-ethyl adjacent to an activating group) is 1. The smallest absolute Gasteiger partial charge is 0.307 e. The summed E-state index contributed by atoms with van der Waals surface area (Å²) < 4.78 is 19.6. The van der Waals surface area contributed by atoms with Crippen molar-refractivity contribution in [3.8, 4) is 0 Å². The third kappa shape index (κ3) is 8.55. The fraction of sp³-hybridized carbons (Fsp3) is 0.583. The van der Waals surface area contributed by atoms with Gasteiger partial charge in [-0.15, -0.1) is 24.8 Å². The first kappa shape index (κ1) is 29.9. The van der Waals surface area contributed by atoms with Gasteiger partial charge in [0, 0.05) is 42.9 Å². The molecule has 0 bridgehead atoms. The van der Waals surface area contributed by atoms with E-state index in [-0.39, 0.29) is 53.6 Å². The van der Waals surface area contributed by atoms with Crippen LogP contribution in [0.2, 0.25) is 0 Å². The van der Waals surface area contributed by atoms with Gasteiger partial charge in [-0.05, 0) is 44.9 Å². The largest absolute Gasteiger partial charge is 0.466 e. The van der Waals surface area contributed by atoms with Crippen LogP contribution in [0.1, 0.15) is 44.2 Å². The number of piperidine rings is 1. The summed E-state index contributed by atoms with van der Waals surface area (Å²) in [7, 11) is 1.96. The normalized spacial score (nSPS) is 20.6. The first-order valence-corrected chi connectivity index (χ1v) is 11.7. The summed E-state index contributed by atoms with van der Waals surface area (Å²) in [6, 6.07) is 6.09. The van der Waals surface area contributed by atoms with Crippen LogP contribution in [-0.4, -0.2) is 66.6 Å². The lowest BCUT2D eigenvalue weighted by atomic mass is 9.93. The first-order valence-electron chi connectivity index (χ1n) is 11.1. The second-order valence-corrected chi connectivity index (χ2v) is 9.10. The molecule has 1 saturated carbocycles. The molecule has 33 heavy (non-hydrogen) atoms. The van der Waals surface area contributed by atoms with Gasteiger partial charge in [-0.3, -0.25) is 14.5 Å². The molecule has 2 unspecified atom stereocenters. The van der Waals surface area contributed by atoms with Gasteiger partial charge in [0.1, 0.15) is 5.82 Å². The van der Waals surface area contributed by atoms with E-state index < -0.39 is 6.04 Å². The molecule has 1 aromatic rings. The molecule has 9 heteroatoms. The third-order valence-corrected chi connectivity index (χ3v) is 6.58. The maximum Gasteiger partial charge on any atom is 0.307 e. The van der Waals surface area contributed by atoms with E-state index in [1.54, 1.807) is 25.1 Å². The Morgan fingerprint density at radius 2 is 1.97 bits per heavy atom. The number of ketones is 1. The maximum absolute atomic E-state index is 14.6. The summed E-state index contributed by atoms with van der Waals surface area (Å²) in [5, 5.41) is 0.118. The van der Waals surface area contributed by atoms with E-state index in [2.05, 4.69) is 15.9 Å². The molecule has 1 aliphatic carbocycles. The van der Waals surface area contributed by atoms with Crippen LogP contribution >= 0.6 is 37.4 Å². The number of nitrogens with zero attached hydrogens (tertiary/aromatic N) is 2. The fourth-order valence-electron chi connectivity index (χ4n) is 4.01. The Hall–Kier alpha value is -1.12. The average Bonchev–Trinajstić information content (AvgIpc) is 3.59. The van der Waals surface area contributed by atoms with E-state index in [9.17, 15) is 14.0 Å². The molecule has 0 spiro atoms. The summed E-state index contributed by atoms with van der Waals surface area (Å²) in [5.41, 5.74) is 1.62. The molecule has 3 rings (SSSR count). The van der Waals surface area contributed by atoms with E-state index in [1.807, 2.05) is 7.05 Å². The minimum atomic E-state index is -0.542. The molecular weight excluding hydrogens is 486 g/mol. The second kappa shape index (κ2) is 14.3. The molecule has 0 radical (unpaired) electrons. The van der Waals surface area contributed by atoms with Gasteiger partial charge in [0.05, 0.1) is 19.1 Å². The number of Topliss-reactive ketones (excluding diaryl/α,β-unsaturated/α-hetero) is 1. The SMILES string of the molecule is CCOC(=O)CCN(C)C/C=C1\CN(C(C(=O)C2CC2)c2ccccc2F)CCC1S.Cl.Cl. The van der Waals surface area contributed by atoms with Gasteiger partial charge in [-0.2, -0.15) is 12.6 Å². The Morgan fingerprint density at radius 1 is 1.27 bits per heavy atom. The van der Waals surface area contributed by atoms with Crippen molar-refractivity contribution in [2.75, 3.05) is 39.8 Å².